The summed E-state index contributed by atoms with van der Waals surface area (Å²) >= 11 is 0. The molecule has 1 aliphatic carbocycles. The molecule has 0 bridgehead atoms. The van der Waals surface area contributed by atoms with Gasteiger partial charge in [0.15, 0.2) is 0 Å². The van der Waals surface area contributed by atoms with Crippen LogP contribution in [0.3, 0.4) is 0 Å². The Kier molecular flexibility index (Phi) is 2.30. The van der Waals surface area contributed by atoms with Gasteiger partial charge in [-0.15, -0.1) is 0 Å². The summed E-state index contributed by atoms with van der Waals surface area (Å²) in [5.74, 6) is 0. The fourth-order valence-corrected chi connectivity index (χ4v) is 2.16. The molecule has 1 aromatic carbocycles. The van der Waals surface area contributed by atoms with Crippen molar-refractivity contribution in [1.29, 1.82) is 10.8 Å². The zero-order valence-electron chi connectivity index (χ0n) is 9.99. The van der Waals surface area contributed by atoms with Crippen LogP contribution in [0.5, 0.6) is 0 Å². The summed E-state index contributed by atoms with van der Waals surface area (Å²) in [6.07, 6.45) is 3.76. The van der Waals surface area contributed by atoms with Crippen LogP contribution < -0.4 is 10.7 Å². The summed E-state index contributed by atoms with van der Waals surface area (Å²) in [4.78, 5) is 8.64. The molecule has 88 valence electrons. The van der Waals surface area contributed by atoms with Crippen LogP contribution in [0.1, 0.15) is 12.5 Å². The van der Waals surface area contributed by atoms with E-state index in [0.717, 1.165) is 27.4 Å². The van der Waals surface area contributed by atoms with E-state index in [9.17, 15) is 0 Å². The van der Waals surface area contributed by atoms with Gasteiger partial charge in [-0.05, 0) is 18.6 Å². The quantitative estimate of drug-likeness (QED) is 0.689. The Balaban J connectivity index is 2.25. The van der Waals surface area contributed by atoms with Gasteiger partial charge in [-0.3, -0.25) is 20.8 Å². The summed E-state index contributed by atoms with van der Waals surface area (Å²) in [5, 5.41) is 17.7. The topological polar surface area (TPSA) is 72.4 Å². The van der Waals surface area contributed by atoms with Crippen LogP contribution in [0.2, 0.25) is 0 Å². The molecule has 18 heavy (non-hydrogen) atoms. The second-order valence-electron chi connectivity index (χ2n) is 4.31. The van der Waals surface area contributed by atoms with Crippen molar-refractivity contribution in [3.8, 4) is 0 Å². The normalized spacial score (nSPS) is 17.6. The van der Waals surface area contributed by atoms with Crippen LogP contribution in [-0.2, 0) is 0 Å². The van der Waals surface area contributed by atoms with Gasteiger partial charge in [0.1, 0.15) is 6.67 Å². The van der Waals surface area contributed by atoms with Gasteiger partial charge < -0.3 is 0 Å². The van der Waals surface area contributed by atoms with Crippen molar-refractivity contribution < 1.29 is 0 Å². The Morgan fingerprint density at radius 1 is 1.06 bits per heavy atom. The molecule has 0 radical (unpaired) electrons. The highest BCUT2D eigenvalue weighted by atomic mass is 15.0. The minimum Gasteiger partial charge on any atom is -0.298 e. The molecule has 0 saturated carbocycles. The Bertz CT molecular complexity index is 750. The predicted octanol–water partition coefficient (Wildman–Crippen LogP) is 1.28. The summed E-state index contributed by atoms with van der Waals surface area (Å²) in [6, 6.07) is 5.78. The molecule has 1 heterocycles. The molecule has 4 heteroatoms. The first-order valence-corrected chi connectivity index (χ1v) is 5.73. The molecule has 2 aliphatic rings. The lowest BCUT2D eigenvalue weighted by atomic mass is 9.90. The van der Waals surface area contributed by atoms with Crippen LogP contribution in [0.25, 0.3) is 5.57 Å². The molecule has 0 spiro atoms. The Hall–Kier alpha value is -2.36. The van der Waals surface area contributed by atoms with Gasteiger partial charge in [-0.2, -0.15) is 0 Å². The molecule has 0 saturated heterocycles. The largest absolute Gasteiger partial charge is 0.298 e. The number of hydrogen-bond donors (Lipinski definition) is 2. The molecule has 0 aromatic heterocycles. The van der Waals surface area contributed by atoms with Crippen molar-refractivity contribution >= 4 is 17.0 Å². The Morgan fingerprint density at radius 2 is 1.89 bits per heavy atom. The third-order valence-corrected chi connectivity index (χ3v) is 3.19. The van der Waals surface area contributed by atoms with Crippen molar-refractivity contribution in [3.05, 3.63) is 52.2 Å². The number of nitrogens with one attached hydrogen (secondary N) is 2. The number of rotatable bonds is 1. The third-order valence-electron chi connectivity index (χ3n) is 3.19. The minimum absolute atomic E-state index is 0.255. The predicted molar refractivity (Wildman–Crippen MR) is 70.8 cm³/mol. The standard InChI is InChI=1S/C14H12N4/c1-8-5-6-9(13(16)12(8)15)10-3-2-4-11-14(10)18-7-17-11/h2-6,15-16H,7H2,1H3. The van der Waals surface area contributed by atoms with E-state index in [1.165, 1.54) is 0 Å². The highest BCUT2D eigenvalue weighted by Gasteiger charge is 2.19. The summed E-state index contributed by atoms with van der Waals surface area (Å²) < 4.78 is 0. The Morgan fingerprint density at radius 3 is 2.72 bits per heavy atom. The lowest BCUT2D eigenvalue weighted by molar-refractivity contribution is 1.06. The first kappa shape index (κ1) is 10.8. The van der Waals surface area contributed by atoms with Gasteiger partial charge >= 0.3 is 0 Å². The minimum atomic E-state index is 0.255. The lowest BCUT2D eigenvalue weighted by Gasteiger charge is -2.14. The highest BCUT2D eigenvalue weighted by Crippen LogP contribution is 2.19. The summed E-state index contributed by atoms with van der Waals surface area (Å²) in [7, 11) is 0. The number of fused-ring (bicyclic) bond motifs is 1. The third kappa shape index (κ3) is 1.46. The smallest absolute Gasteiger partial charge is 0.130 e. The molecule has 2 N–H and O–H groups in total. The Labute approximate surface area is 104 Å². The van der Waals surface area contributed by atoms with Gasteiger partial charge in [-0.1, -0.05) is 24.3 Å². The van der Waals surface area contributed by atoms with Crippen molar-refractivity contribution in [3.63, 3.8) is 0 Å². The molecule has 1 aromatic rings. The monoisotopic (exact) mass is 236 g/mol. The first-order chi connectivity index (χ1) is 8.68. The van der Waals surface area contributed by atoms with Gasteiger partial charge in [0.25, 0.3) is 0 Å². The van der Waals surface area contributed by atoms with E-state index in [2.05, 4.69) is 9.98 Å². The molecule has 4 nitrogen and oxygen atoms in total. The maximum atomic E-state index is 8.08. The fraction of sp³-hybridized carbons (Fsp3) is 0.143. The first-order valence-electron chi connectivity index (χ1n) is 5.73. The zero-order valence-corrected chi connectivity index (χ0v) is 9.99. The van der Waals surface area contributed by atoms with E-state index in [-0.39, 0.29) is 11.4 Å². The summed E-state index contributed by atoms with van der Waals surface area (Å²) in [5.41, 5.74) is 3.00. The molecule has 3 rings (SSSR count). The molecule has 0 unspecified atom stereocenters. The molecular weight excluding hydrogens is 224 g/mol. The van der Waals surface area contributed by atoms with Gasteiger partial charge in [0.05, 0.1) is 22.1 Å². The number of benzene rings is 1. The maximum Gasteiger partial charge on any atom is 0.130 e. The zero-order chi connectivity index (χ0) is 12.7. The maximum absolute atomic E-state index is 8.08. The summed E-state index contributed by atoms with van der Waals surface area (Å²) in [6.45, 7) is 2.30. The second-order valence-corrected chi connectivity index (χ2v) is 4.31. The second kappa shape index (κ2) is 3.84. The average Bonchev–Trinajstić information content (AvgIpc) is 2.84. The van der Waals surface area contributed by atoms with Crippen LogP contribution in [0.4, 0.5) is 0 Å². The van der Waals surface area contributed by atoms with Crippen LogP contribution in [0.15, 0.2) is 45.9 Å². The number of hydrogen-bond acceptors (Lipinski definition) is 4. The van der Waals surface area contributed by atoms with Gasteiger partial charge in [0, 0.05) is 11.1 Å². The average molecular weight is 236 g/mol. The van der Waals surface area contributed by atoms with Crippen molar-refractivity contribution in [2.75, 3.05) is 6.67 Å². The van der Waals surface area contributed by atoms with E-state index in [0.29, 0.717) is 6.67 Å². The van der Waals surface area contributed by atoms with Crippen molar-refractivity contribution in [2.45, 2.75) is 6.92 Å². The molecule has 0 atom stereocenters. The molecule has 0 fully saturated rings. The number of nitrogens with zero attached hydrogens (tertiary/aromatic N) is 2. The van der Waals surface area contributed by atoms with Crippen molar-refractivity contribution in [1.82, 2.24) is 0 Å². The van der Waals surface area contributed by atoms with E-state index < -0.39 is 0 Å². The van der Waals surface area contributed by atoms with E-state index in [4.69, 9.17) is 10.8 Å². The lowest BCUT2D eigenvalue weighted by Crippen LogP contribution is -2.29. The molecule has 1 aliphatic heterocycles. The number of para-hydroxylation sites is 1. The van der Waals surface area contributed by atoms with Gasteiger partial charge in [0.2, 0.25) is 0 Å². The highest BCUT2D eigenvalue weighted by molar-refractivity contribution is 6.61. The van der Waals surface area contributed by atoms with Gasteiger partial charge in [-0.25, -0.2) is 0 Å². The van der Waals surface area contributed by atoms with E-state index in [1.807, 2.05) is 37.3 Å². The van der Waals surface area contributed by atoms with Crippen LogP contribution in [0, 0.1) is 10.8 Å². The van der Waals surface area contributed by atoms with Crippen LogP contribution in [-0.4, -0.2) is 18.1 Å². The molecular formula is C14H12N4. The molecule has 0 amide bonds. The number of allylic oxidation sites excluding steroid dienone is 4. The van der Waals surface area contributed by atoms with E-state index in [1.54, 1.807) is 0 Å². The van der Waals surface area contributed by atoms with E-state index >= 15 is 0 Å². The van der Waals surface area contributed by atoms with Crippen LogP contribution >= 0.6 is 0 Å². The fourth-order valence-electron chi connectivity index (χ4n) is 2.16. The van der Waals surface area contributed by atoms with Crippen molar-refractivity contribution in [2.24, 2.45) is 9.98 Å². The SMILES string of the molecule is CC1=CC=C(c2cccc3c2=NCN=3)C(=N)C1=N.